The van der Waals surface area contributed by atoms with Crippen LogP contribution in [0.2, 0.25) is 0 Å². The van der Waals surface area contributed by atoms with Crippen LogP contribution in [0.5, 0.6) is 0 Å². The van der Waals surface area contributed by atoms with E-state index in [2.05, 4.69) is 5.32 Å². The van der Waals surface area contributed by atoms with Crippen molar-refractivity contribution < 1.29 is 14.4 Å². The smallest absolute Gasteiger partial charge is 0.252 e. The normalized spacial score (nSPS) is 23.6. The molecular weight excluding hydrogens is 244 g/mol. The largest absolute Gasteiger partial charge is 0.319 e. The molecular formula is C14H22N2O3. The van der Waals surface area contributed by atoms with Crippen molar-refractivity contribution in [3.05, 3.63) is 0 Å². The summed E-state index contributed by atoms with van der Waals surface area (Å²) in [5.74, 6) is -0.224. The summed E-state index contributed by atoms with van der Waals surface area (Å²) in [6.07, 6.45) is 6.24. The molecule has 5 heteroatoms. The molecule has 0 atom stereocenters. The Hall–Kier alpha value is -1.39. The van der Waals surface area contributed by atoms with Crippen molar-refractivity contribution in [3.8, 4) is 0 Å². The molecule has 5 nitrogen and oxygen atoms in total. The van der Waals surface area contributed by atoms with E-state index in [0.717, 1.165) is 6.42 Å². The molecule has 106 valence electrons. The van der Waals surface area contributed by atoms with Crippen molar-refractivity contribution in [2.75, 3.05) is 6.54 Å². The molecule has 0 aromatic heterocycles. The monoisotopic (exact) mass is 266 g/mol. The predicted molar refractivity (Wildman–Crippen MR) is 70.1 cm³/mol. The van der Waals surface area contributed by atoms with Gasteiger partial charge < -0.3 is 4.90 Å². The summed E-state index contributed by atoms with van der Waals surface area (Å²) in [6, 6.07) is 0. The van der Waals surface area contributed by atoms with Gasteiger partial charge in [-0.05, 0) is 26.2 Å². The number of rotatable bonds is 3. The molecule has 0 bridgehead atoms. The van der Waals surface area contributed by atoms with Crippen LogP contribution in [0.1, 0.15) is 52.4 Å². The van der Waals surface area contributed by atoms with Crippen LogP contribution in [0.3, 0.4) is 0 Å². The van der Waals surface area contributed by atoms with Gasteiger partial charge in [0.15, 0.2) is 0 Å². The predicted octanol–water partition coefficient (Wildman–Crippen LogP) is 1.22. The summed E-state index contributed by atoms with van der Waals surface area (Å²) >= 11 is 0. The molecule has 1 aliphatic heterocycles. The SMILES string of the molecule is CC1(C)C(=O)NC(=O)CN1C(=O)CCC1CCCC1. The molecule has 0 unspecified atom stereocenters. The molecule has 0 radical (unpaired) electrons. The highest BCUT2D eigenvalue weighted by atomic mass is 16.2. The minimum absolute atomic E-state index is 0.0117. The first-order valence-electron chi connectivity index (χ1n) is 7.06. The maximum absolute atomic E-state index is 12.3. The van der Waals surface area contributed by atoms with Crippen LogP contribution in [0.25, 0.3) is 0 Å². The van der Waals surface area contributed by atoms with Gasteiger partial charge in [0.05, 0.1) is 0 Å². The Kier molecular flexibility index (Phi) is 3.92. The maximum Gasteiger partial charge on any atom is 0.252 e. The molecule has 1 aliphatic carbocycles. The van der Waals surface area contributed by atoms with Crippen LogP contribution in [0.4, 0.5) is 0 Å². The third-order valence-corrected chi connectivity index (χ3v) is 4.33. The number of carbonyl (C=O) groups is 3. The molecule has 3 amide bonds. The first-order chi connectivity index (χ1) is 8.91. The van der Waals surface area contributed by atoms with E-state index in [4.69, 9.17) is 0 Å². The molecule has 0 aromatic rings. The first kappa shape index (κ1) is 14.0. The summed E-state index contributed by atoms with van der Waals surface area (Å²) in [5, 5.41) is 2.28. The van der Waals surface area contributed by atoms with Crippen molar-refractivity contribution in [1.82, 2.24) is 10.2 Å². The number of amides is 3. The standard InChI is InChI=1S/C14H22N2O3/c1-14(2)13(19)15-11(17)9-16(14)12(18)8-7-10-5-3-4-6-10/h10H,3-9H2,1-2H3,(H,15,17,19). The molecule has 0 spiro atoms. The lowest BCUT2D eigenvalue weighted by Gasteiger charge is -2.40. The van der Waals surface area contributed by atoms with Gasteiger partial charge in [-0.25, -0.2) is 0 Å². The van der Waals surface area contributed by atoms with Crippen molar-refractivity contribution >= 4 is 17.7 Å². The number of hydrogen-bond donors (Lipinski definition) is 1. The van der Waals surface area contributed by atoms with E-state index in [9.17, 15) is 14.4 Å². The van der Waals surface area contributed by atoms with Gasteiger partial charge in [0, 0.05) is 6.42 Å². The zero-order valence-electron chi connectivity index (χ0n) is 11.7. The third kappa shape index (κ3) is 2.96. The second-order valence-corrected chi connectivity index (χ2v) is 6.11. The van der Waals surface area contributed by atoms with Crippen LogP contribution in [0, 0.1) is 5.92 Å². The molecule has 2 rings (SSSR count). The quantitative estimate of drug-likeness (QED) is 0.781. The molecule has 1 heterocycles. The Morgan fingerprint density at radius 1 is 1.32 bits per heavy atom. The van der Waals surface area contributed by atoms with E-state index in [1.165, 1.54) is 30.6 Å². The van der Waals surface area contributed by atoms with Crippen LogP contribution in [-0.4, -0.2) is 34.7 Å². The molecule has 2 fully saturated rings. The number of nitrogens with zero attached hydrogens (tertiary/aromatic N) is 1. The van der Waals surface area contributed by atoms with Crippen LogP contribution in [-0.2, 0) is 14.4 Å². The molecule has 2 aliphatic rings. The Balaban J connectivity index is 1.95. The minimum Gasteiger partial charge on any atom is -0.319 e. The number of hydrogen-bond acceptors (Lipinski definition) is 3. The summed E-state index contributed by atoms with van der Waals surface area (Å²) in [4.78, 5) is 36.9. The number of piperazine rings is 1. The van der Waals surface area contributed by atoms with Crippen LogP contribution >= 0.6 is 0 Å². The van der Waals surface area contributed by atoms with E-state index in [1.54, 1.807) is 13.8 Å². The topological polar surface area (TPSA) is 66.5 Å². The Morgan fingerprint density at radius 2 is 1.95 bits per heavy atom. The fraction of sp³-hybridized carbons (Fsp3) is 0.786. The van der Waals surface area contributed by atoms with Crippen molar-refractivity contribution in [1.29, 1.82) is 0 Å². The highest BCUT2D eigenvalue weighted by molar-refractivity contribution is 6.06. The van der Waals surface area contributed by atoms with E-state index in [0.29, 0.717) is 12.3 Å². The lowest BCUT2D eigenvalue weighted by molar-refractivity contribution is -0.155. The lowest BCUT2D eigenvalue weighted by Crippen LogP contribution is -2.65. The van der Waals surface area contributed by atoms with Gasteiger partial charge in [-0.15, -0.1) is 0 Å². The van der Waals surface area contributed by atoms with Gasteiger partial charge in [-0.3, -0.25) is 19.7 Å². The summed E-state index contributed by atoms with van der Waals surface area (Å²) in [6.45, 7) is 3.35. The van der Waals surface area contributed by atoms with Gasteiger partial charge in [-0.2, -0.15) is 0 Å². The average molecular weight is 266 g/mol. The zero-order chi connectivity index (χ0) is 14.0. The summed E-state index contributed by atoms with van der Waals surface area (Å²) in [5.41, 5.74) is -0.930. The van der Waals surface area contributed by atoms with Gasteiger partial charge in [0.2, 0.25) is 11.8 Å². The Morgan fingerprint density at radius 3 is 2.58 bits per heavy atom. The van der Waals surface area contributed by atoms with E-state index in [-0.39, 0.29) is 12.5 Å². The van der Waals surface area contributed by atoms with Crippen molar-refractivity contribution in [2.24, 2.45) is 5.92 Å². The fourth-order valence-electron chi connectivity index (χ4n) is 2.94. The van der Waals surface area contributed by atoms with Crippen molar-refractivity contribution in [2.45, 2.75) is 57.9 Å². The second-order valence-electron chi connectivity index (χ2n) is 6.11. The number of imide groups is 1. The minimum atomic E-state index is -0.930. The zero-order valence-corrected chi connectivity index (χ0v) is 11.7. The number of carbonyl (C=O) groups excluding carboxylic acids is 3. The summed E-state index contributed by atoms with van der Waals surface area (Å²) in [7, 11) is 0. The van der Waals surface area contributed by atoms with E-state index < -0.39 is 17.4 Å². The third-order valence-electron chi connectivity index (χ3n) is 4.33. The van der Waals surface area contributed by atoms with Gasteiger partial charge >= 0.3 is 0 Å². The average Bonchev–Trinajstić information content (AvgIpc) is 2.84. The lowest BCUT2D eigenvalue weighted by atomic mass is 9.96. The highest BCUT2D eigenvalue weighted by Crippen LogP contribution is 2.29. The Labute approximate surface area is 113 Å². The van der Waals surface area contributed by atoms with Gasteiger partial charge in [0.1, 0.15) is 12.1 Å². The Bertz CT molecular complexity index is 397. The van der Waals surface area contributed by atoms with E-state index >= 15 is 0 Å². The van der Waals surface area contributed by atoms with Crippen LogP contribution < -0.4 is 5.32 Å². The van der Waals surface area contributed by atoms with E-state index in [1.807, 2.05) is 0 Å². The number of nitrogens with one attached hydrogen (secondary N) is 1. The van der Waals surface area contributed by atoms with Crippen molar-refractivity contribution in [3.63, 3.8) is 0 Å². The molecule has 19 heavy (non-hydrogen) atoms. The summed E-state index contributed by atoms with van der Waals surface area (Å²) < 4.78 is 0. The molecule has 1 N–H and O–H groups in total. The molecule has 1 saturated heterocycles. The second kappa shape index (κ2) is 5.31. The highest BCUT2D eigenvalue weighted by Gasteiger charge is 2.43. The van der Waals surface area contributed by atoms with Gasteiger partial charge in [-0.1, -0.05) is 25.7 Å². The van der Waals surface area contributed by atoms with Gasteiger partial charge in [0.25, 0.3) is 5.91 Å². The molecule has 1 saturated carbocycles. The fourth-order valence-corrected chi connectivity index (χ4v) is 2.94. The molecule has 0 aromatic carbocycles. The van der Waals surface area contributed by atoms with Crippen LogP contribution in [0.15, 0.2) is 0 Å². The maximum atomic E-state index is 12.3. The first-order valence-corrected chi connectivity index (χ1v) is 7.06.